The van der Waals surface area contributed by atoms with Crippen molar-refractivity contribution in [2.24, 2.45) is 5.16 Å². The Balaban J connectivity index is 1.86. The lowest BCUT2D eigenvalue weighted by molar-refractivity contribution is -0.384. The summed E-state index contributed by atoms with van der Waals surface area (Å²) in [6.45, 7) is 1.19. The van der Waals surface area contributed by atoms with Crippen molar-refractivity contribution in [1.29, 1.82) is 0 Å². The molecule has 0 N–H and O–H groups in total. The fourth-order valence-electron chi connectivity index (χ4n) is 2.57. The standard InChI is InChI=1S/C22H15ClN2O5S/c1-14(26)30-24-21(15-5-3-2-4-6-15)22(27)19-12-11-18(13-20(19)23)31-17-9-7-16(8-10-17)25(28)29/h2-13H,1H3/b24-21+. The highest BCUT2D eigenvalue weighted by Gasteiger charge is 2.21. The number of halogens is 1. The fourth-order valence-corrected chi connectivity index (χ4v) is 3.76. The summed E-state index contributed by atoms with van der Waals surface area (Å²) in [6, 6.07) is 19.6. The molecule has 31 heavy (non-hydrogen) atoms. The zero-order chi connectivity index (χ0) is 22.4. The number of hydrogen-bond acceptors (Lipinski definition) is 7. The Kier molecular flexibility index (Phi) is 7.17. The largest absolute Gasteiger partial charge is 0.332 e. The molecule has 0 heterocycles. The summed E-state index contributed by atoms with van der Waals surface area (Å²) in [7, 11) is 0. The number of nitro benzene ring substituents is 1. The van der Waals surface area contributed by atoms with Gasteiger partial charge in [-0.2, -0.15) is 0 Å². The van der Waals surface area contributed by atoms with E-state index in [1.54, 1.807) is 60.7 Å². The van der Waals surface area contributed by atoms with Gasteiger partial charge in [0, 0.05) is 40.0 Å². The number of nitro groups is 1. The lowest BCUT2D eigenvalue weighted by Crippen LogP contribution is -2.17. The molecule has 0 aliphatic carbocycles. The molecular weight excluding hydrogens is 440 g/mol. The second-order valence-corrected chi connectivity index (χ2v) is 7.77. The number of Topliss-reactive ketones (excluding diaryl/α,β-unsaturated/α-hetero) is 1. The van der Waals surface area contributed by atoms with Crippen LogP contribution in [0, 0.1) is 10.1 Å². The number of nitrogens with zero attached hydrogens (tertiary/aromatic N) is 2. The van der Waals surface area contributed by atoms with Crippen molar-refractivity contribution in [1.82, 2.24) is 0 Å². The van der Waals surface area contributed by atoms with E-state index >= 15 is 0 Å². The van der Waals surface area contributed by atoms with Gasteiger partial charge in [0.15, 0.2) is 5.71 Å². The summed E-state index contributed by atoms with van der Waals surface area (Å²) in [4.78, 5) is 40.8. The lowest BCUT2D eigenvalue weighted by atomic mass is 10.0. The average Bonchev–Trinajstić information content (AvgIpc) is 2.75. The molecule has 3 aromatic rings. The monoisotopic (exact) mass is 454 g/mol. The molecule has 0 aliphatic rings. The zero-order valence-electron chi connectivity index (χ0n) is 16.2. The summed E-state index contributed by atoms with van der Waals surface area (Å²) >= 11 is 7.71. The van der Waals surface area contributed by atoms with Crippen LogP contribution in [-0.2, 0) is 9.63 Å². The van der Waals surface area contributed by atoms with Crippen LogP contribution in [-0.4, -0.2) is 22.4 Å². The van der Waals surface area contributed by atoms with E-state index in [2.05, 4.69) is 5.16 Å². The highest BCUT2D eigenvalue weighted by Crippen LogP contribution is 2.32. The Morgan fingerprint density at radius 3 is 2.23 bits per heavy atom. The summed E-state index contributed by atoms with van der Waals surface area (Å²) in [5.41, 5.74) is 0.635. The second-order valence-electron chi connectivity index (χ2n) is 6.21. The first-order chi connectivity index (χ1) is 14.8. The van der Waals surface area contributed by atoms with Crippen LogP contribution >= 0.6 is 23.4 Å². The van der Waals surface area contributed by atoms with E-state index in [1.807, 2.05) is 0 Å². The molecule has 0 amide bonds. The maximum atomic E-state index is 13.1. The fraction of sp³-hybridized carbons (Fsp3) is 0.0455. The van der Waals surface area contributed by atoms with E-state index in [-0.39, 0.29) is 22.0 Å². The Bertz CT molecular complexity index is 1160. The first-order valence-corrected chi connectivity index (χ1v) is 10.1. The predicted molar refractivity (Wildman–Crippen MR) is 118 cm³/mol. The number of non-ortho nitro benzene ring substituents is 1. The van der Waals surface area contributed by atoms with Gasteiger partial charge < -0.3 is 4.84 Å². The summed E-state index contributed by atoms with van der Waals surface area (Å²) in [5.74, 6) is -1.15. The summed E-state index contributed by atoms with van der Waals surface area (Å²) in [6.07, 6.45) is 0. The highest BCUT2D eigenvalue weighted by atomic mass is 35.5. The average molecular weight is 455 g/mol. The molecule has 7 nitrogen and oxygen atoms in total. The minimum absolute atomic E-state index is 0.00355. The van der Waals surface area contributed by atoms with E-state index in [0.717, 1.165) is 9.79 Å². The minimum atomic E-state index is -0.651. The van der Waals surface area contributed by atoms with Crippen LogP contribution in [0.5, 0.6) is 0 Å². The van der Waals surface area contributed by atoms with Crippen LogP contribution in [0.15, 0.2) is 87.7 Å². The van der Waals surface area contributed by atoms with E-state index in [4.69, 9.17) is 16.4 Å². The van der Waals surface area contributed by atoms with Gasteiger partial charge in [-0.15, -0.1) is 0 Å². The number of rotatable bonds is 7. The van der Waals surface area contributed by atoms with Crippen molar-refractivity contribution in [3.05, 3.63) is 99.1 Å². The number of carbonyl (C=O) groups is 2. The second kappa shape index (κ2) is 10.0. The molecule has 0 unspecified atom stereocenters. The molecule has 0 spiro atoms. The first kappa shape index (κ1) is 22.2. The van der Waals surface area contributed by atoms with Crippen molar-refractivity contribution in [3.63, 3.8) is 0 Å². The van der Waals surface area contributed by atoms with Crippen LogP contribution in [0.1, 0.15) is 22.8 Å². The van der Waals surface area contributed by atoms with Gasteiger partial charge in [0.2, 0.25) is 5.78 Å². The number of benzene rings is 3. The Labute approximate surface area is 186 Å². The molecule has 0 saturated carbocycles. The third kappa shape index (κ3) is 5.78. The SMILES string of the molecule is CC(=O)O/N=C(/C(=O)c1ccc(Sc2ccc([N+](=O)[O-])cc2)cc1Cl)c1ccccc1. The van der Waals surface area contributed by atoms with Crippen LogP contribution in [0.25, 0.3) is 0 Å². The molecule has 0 aliphatic heterocycles. The smallest absolute Gasteiger partial charge is 0.318 e. The zero-order valence-corrected chi connectivity index (χ0v) is 17.7. The van der Waals surface area contributed by atoms with Crippen LogP contribution in [0.4, 0.5) is 5.69 Å². The molecule has 0 fully saturated rings. The quantitative estimate of drug-likeness (QED) is 0.152. The van der Waals surface area contributed by atoms with Gasteiger partial charge in [-0.3, -0.25) is 14.9 Å². The number of oxime groups is 1. The van der Waals surface area contributed by atoms with Gasteiger partial charge in [-0.1, -0.05) is 58.9 Å². The molecule has 0 atom stereocenters. The molecule has 0 saturated heterocycles. The molecule has 0 aromatic heterocycles. The maximum absolute atomic E-state index is 13.1. The molecule has 3 aromatic carbocycles. The Hall–Kier alpha value is -3.49. The first-order valence-electron chi connectivity index (χ1n) is 8.92. The van der Waals surface area contributed by atoms with Crippen molar-refractivity contribution < 1.29 is 19.3 Å². The highest BCUT2D eigenvalue weighted by molar-refractivity contribution is 7.99. The molecule has 0 radical (unpaired) electrons. The van der Waals surface area contributed by atoms with E-state index < -0.39 is 16.7 Å². The van der Waals surface area contributed by atoms with E-state index in [0.29, 0.717) is 5.56 Å². The number of carbonyl (C=O) groups excluding carboxylic acids is 2. The van der Waals surface area contributed by atoms with Gasteiger partial charge in [-0.05, 0) is 30.3 Å². The predicted octanol–water partition coefficient (Wildman–Crippen LogP) is 5.55. The Morgan fingerprint density at radius 2 is 1.65 bits per heavy atom. The third-order valence-electron chi connectivity index (χ3n) is 4.00. The van der Waals surface area contributed by atoms with Crippen LogP contribution in [0.3, 0.4) is 0 Å². The van der Waals surface area contributed by atoms with Crippen LogP contribution < -0.4 is 0 Å². The minimum Gasteiger partial charge on any atom is -0.318 e. The van der Waals surface area contributed by atoms with Gasteiger partial charge in [0.25, 0.3) is 5.69 Å². The van der Waals surface area contributed by atoms with E-state index in [1.165, 1.54) is 30.8 Å². The normalized spacial score (nSPS) is 11.1. The number of hydrogen-bond donors (Lipinski definition) is 0. The van der Waals surface area contributed by atoms with E-state index in [9.17, 15) is 19.7 Å². The van der Waals surface area contributed by atoms with Crippen molar-refractivity contribution in [2.45, 2.75) is 16.7 Å². The molecule has 156 valence electrons. The lowest BCUT2D eigenvalue weighted by Gasteiger charge is -2.09. The van der Waals surface area contributed by atoms with Gasteiger partial charge >= 0.3 is 5.97 Å². The van der Waals surface area contributed by atoms with Gasteiger partial charge in [0.05, 0.1) is 9.95 Å². The van der Waals surface area contributed by atoms with Crippen molar-refractivity contribution >= 4 is 46.5 Å². The Morgan fingerprint density at radius 1 is 1.00 bits per heavy atom. The third-order valence-corrected chi connectivity index (χ3v) is 5.31. The molecule has 0 bridgehead atoms. The summed E-state index contributed by atoms with van der Waals surface area (Å²) < 4.78 is 0. The topological polar surface area (TPSA) is 98.9 Å². The van der Waals surface area contributed by atoms with Crippen molar-refractivity contribution in [2.75, 3.05) is 0 Å². The molecular formula is C22H15ClN2O5S. The van der Waals surface area contributed by atoms with Gasteiger partial charge in [0.1, 0.15) is 0 Å². The maximum Gasteiger partial charge on any atom is 0.332 e. The van der Waals surface area contributed by atoms with Crippen LogP contribution in [0.2, 0.25) is 5.02 Å². The molecule has 3 rings (SSSR count). The van der Waals surface area contributed by atoms with Gasteiger partial charge in [-0.25, -0.2) is 4.79 Å². The number of ketones is 1. The molecule has 9 heteroatoms. The van der Waals surface area contributed by atoms with Crippen molar-refractivity contribution in [3.8, 4) is 0 Å². The summed E-state index contributed by atoms with van der Waals surface area (Å²) in [5, 5.41) is 14.7.